The largest absolute Gasteiger partial charge is 0.393 e. The van der Waals surface area contributed by atoms with Gasteiger partial charge in [-0.3, -0.25) is 0 Å². The summed E-state index contributed by atoms with van der Waals surface area (Å²) in [6.45, 7) is 1.74. The molecular formula is C13H18ClNO2S. The Hall–Kier alpha value is -0.260. The summed E-state index contributed by atoms with van der Waals surface area (Å²) in [5.74, 6) is 1.05. The number of aliphatic hydroxyl groups excluding tert-OH is 1. The number of hydrogen-bond acceptors (Lipinski definition) is 4. The van der Waals surface area contributed by atoms with Crippen molar-refractivity contribution in [3.63, 3.8) is 0 Å². The van der Waals surface area contributed by atoms with Crippen molar-refractivity contribution in [2.75, 3.05) is 18.9 Å². The zero-order valence-electron chi connectivity index (χ0n) is 10.3. The molecule has 0 radical (unpaired) electrons. The second-order valence-electron chi connectivity index (χ2n) is 4.91. The fourth-order valence-electron chi connectivity index (χ4n) is 1.98. The highest BCUT2D eigenvalue weighted by Gasteiger charge is 2.25. The molecule has 3 nitrogen and oxygen atoms in total. The van der Waals surface area contributed by atoms with Gasteiger partial charge in [0.25, 0.3) is 0 Å². The Kier molecular flexibility index (Phi) is 4.56. The summed E-state index contributed by atoms with van der Waals surface area (Å²) >= 11 is 7.86. The molecule has 1 aromatic rings. The molecule has 3 N–H and O–H groups in total. The Bertz CT molecular complexity index is 425. The summed E-state index contributed by atoms with van der Waals surface area (Å²) in [5, 5.41) is 22.9. The fourth-order valence-corrected chi connectivity index (χ4v) is 3.26. The van der Waals surface area contributed by atoms with E-state index >= 15 is 0 Å². The minimum Gasteiger partial charge on any atom is -0.393 e. The average molecular weight is 288 g/mol. The summed E-state index contributed by atoms with van der Waals surface area (Å²) < 4.78 is 0. The Morgan fingerprint density at radius 1 is 1.56 bits per heavy atom. The van der Waals surface area contributed by atoms with Gasteiger partial charge >= 0.3 is 0 Å². The number of fused-ring (bicyclic) bond motifs is 1. The summed E-state index contributed by atoms with van der Waals surface area (Å²) in [6.07, 6.45) is 1.000. The van der Waals surface area contributed by atoms with Gasteiger partial charge in [0, 0.05) is 22.5 Å². The molecule has 100 valence electrons. The lowest BCUT2D eigenvalue weighted by Crippen LogP contribution is -2.42. The minimum atomic E-state index is -1.08. The first-order valence-corrected chi connectivity index (χ1v) is 7.37. The first-order chi connectivity index (χ1) is 8.52. The third kappa shape index (κ3) is 3.39. The third-order valence-electron chi connectivity index (χ3n) is 3.08. The Balaban J connectivity index is 2.10. The van der Waals surface area contributed by atoms with Crippen LogP contribution in [0, 0.1) is 0 Å². The van der Waals surface area contributed by atoms with Crippen LogP contribution in [-0.2, 0) is 0 Å². The number of thioether (sulfide) groups is 1. The van der Waals surface area contributed by atoms with E-state index in [0.717, 1.165) is 17.2 Å². The van der Waals surface area contributed by atoms with Crippen LogP contribution in [-0.4, -0.2) is 34.7 Å². The molecule has 0 saturated heterocycles. The number of halogens is 1. The third-order valence-corrected chi connectivity index (χ3v) is 4.44. The van der Waals surface area contributed by atoms with Crippen molar-refractivity contribution in [1.29, 1.82) is 0 Å². The molecule has 0 bridgehead atoms. The molecule has 0 amide bonds. The van der Waals surface area contributed by atoms with Crippen molar-refractivity contribution in [2.45, 2.75) is 29.9 Å². The molecule has 2 atom stereocenters. The summed E-state index contributed by atoms with van der Waals surface area (Å²) in [6, 6.07) is 6.12. The number of hydrogen-bond donors (Lipinski definition) is 3. The first kappa shape index (κ1) is 14.2. The molecule has 0 aromatic heterocycles. The minimum absolute atomic E-state index is 0.193. The normalized spacial score (nSPS) is 22.3. The molecule has 0 saturated carbocycles. The van der Waals surface area contributed by atoms with E-state index in [0.29, 0.717) is 6.54 Å². The van der Waals surface area contributed by atoms with E-state index in [2.05, 4.69) is 5.32 Å². The highest BCUT2D eigenvalue weighted by molar-refractivity contribution is 7.99. The van der Waals surface area contributed by atoms with Crippen LogP contribution in [0.5, 0.6) is 0 Å². The maximum atomic E-state index is 9.81. The highest BCUT2D eigenvalue weighted by Crippen LogP contribution is 2.37. The van der Waals surface area contributed by atoms with Crippen LogP contribution in [0.3, 0.4) is 0 Å². The predicted octanol–water partition coefficient (Wildman–Crippen LogP) is 2.21. The van der Waals surface area contributed by atoms with Crippen LogP contribution < -0.4 is 5.32 Å². The molecule has 18 heavy (non-hydrogen) atoms. The van der Waals surface area contributed by atoms with Gasteiger partial charge in [0.15, 0.2) is 0 Å². The van der Waals surface area contributed by atoms with Gasteiger partial charge in [0.05, 0.1) is 12.2 Å². The van der Waals surface area contributed by atoms with Crippen LogP contribution in [0.4, 0.5) is 0 Å². The van der Waals surface area contributed by atoms with Crippen molar-refractivity contribution in [3.8, 4) is 0 Å². The van der Waals surface area contributed by atoms with E-state index < -0.39 is 5.60 Å². The van der Waals surface area contributed by atoms with Crippen molar-refractivity contribution in [3.05, 3.63) is 28.8 Å². The lowest BCUT2D eigenvalue weighted by Gasteiger charge is -2.29. The molecule has 0 aliphatic carbocycles. The highest BCUT2D eigenvalue weighted by atomic mass is 35.5. The van der Waals surface area contributed by atoms with Crippen molar-refractivity contribution < 1.29 is 10.2 Å². The van der Waals surface area contributed by atoms with E-state index in [1.54, 1.807) is 6.92 Å². The van der Waals surface area contributed by atoms with Gasteiger partial charge in [-0.05, 0) is 42.9 Å². The Labute approximate surface area is 117 Å². The quantitative estimate of drug-likeness (QED) is 0.795. The van der Waals surface area contributed by atoms with Crippen LogP contribution in [0.1, 0.15) is 24.9 Å². The SMILES string of the molecule is CC(O)(CO)CNC1CCSc2ccc(Cl)cc21. The van der Waals surface area contributed by atoms with E-state index in [1.165, 1.54) is 10.5 Å². The maximum Gasteiger partial charge on any atom is 0.0973 e. The second-order valence-corrected chi connectivity index (χ2v) is 6.48. The molecule has 1 heterocycles. The van der Waals surface area contributed by atoms with E-state index in [4.69, 9.17) is 16.7 Å². The van der Waals surface area contributed by atoms with Gasteiger partial charge < -0.3 is 15.5 Å². The van der Waals surface area contributed by atoms with Crippen LogP contribution in [0.25, 0.3) is 0 Å². The Morgan fingerprint density at radius 3 is 3.06 bits per heavy atom. The van der Waals surface area contributed by atoms with Crippen LogP contribution in [0.2, 0.25) is 5.02 Å². The van der Waals surface area contributed by atoms with E-state index in [1.807, 2.05) is 30.0 Å². The van der Waals surface area contributed by atoms with Gasteiger partial charge in [-0.25, -0.2) is 0 Å². The lowest BCUT2D eigenvalue weighted by molar-refractivity contribution is 0.000528. The summed E-state index contributed by atoms with van der Waals surface area (Å²) in [7, 11) is 0. The average Bonchev–Trinajstić information content (AvgIpc) is 2.36. The molecule has 2 unspecified atom stereocenters. The summed E-state index contributed by atoms with van der Waals surface area (Å²) in [5.41, 5.74) is 0.107. The van der Waals surface area contributed by atoms with Gasteiger partial charge in [-0.2, -0.15) is 0 Å². The van der Waals surface area contributed by atoms with Gasteiger partial charge in [-0.15, -0.1) is 11.8 Å². The smallest absolute Gasteiger partial charge is 0.0973 e. The lowest BCUT2D eigenvalue weighted by atomic mass is 10.0. The number of benzene rings is 1. The molecule has 0 fully saturated rings. The number of aliphatic hydroxyl groups is 2. The van der Waals surface area contributed by atoms with Crippen LogP contribution in [0.15, 0.2) is 23.1 Å². The molecule has 1 aliphatic heterocycles. The van der Waals surface area contributed by atoms with E-state index in [9.17, 15) is 5.11 Å². The molecule has 1 aliphatic rings. The van der Waals surface area contributed by atoms with Gasteiger partial charge in [-0.1, -0.05) is 11.6 Å². The van der Waals surface area contributed by atoms with Gasteiger partial charge in [0.1, 0.15) is 0 Å². The number of nitrogens with one attached hydrogen (secondary N) is 1. The molecule has 0 spiro atoms. The van der Waals surface area contributed by atoms with Crippen molar-refractivity contribution >= 4 is 23.4 Å². The molecule has 1 aromatic carbocycles. The topological polar surface area (TPSA) is 52.5 Å². The molecule has 2 rings (SSSR count). The second kappa shape index (κ2) is 5.80. The zero-order chi connectivity index (χ0) is 13.2. The maximum absolute atomic E-state index is 9.81. The molecule has 5 heteroatoms. The standard InChI is InChI=1S/C13H18ClNO2S/c1-13(17,8-16)7-15-11-4-5-18-12-3-2-9(14)6-10(11)12/h2-3,6,11,15-17H,4-5,7-8H2,1H3. The van der Waals surface area contributed by atoms with E-state index in [-0.39, 0.29) is 12.6 Å². The van der Waals surface area contributed by atoms with Crippen molar-refractivity contribution in [2.24, 2.45) is 0 Å². The number of rotatable bonds is 4. The fraction of sp³-hybridized carbons (Fsp3) is 0.538. The van der Waals surface area contributed by atoms with Crippen molar-refractivity contribution in [1.82, 2.24) is 5.32 Å². The van der Waals surface area contributed by atoms with Gasteiger partial charge in [0.2, 0.25) is 0 Å². The molecular weight excluding hydrogens is 270 g/mol. The monoisotopic (exact) mass is 287 g/mol. The zero-order valence-corrected chi connectivity index (χ0v) is 11.9. The first-order valence-electron chi connectivity index (χ1n) is 6.01. The van der Waals surface area contributed by atoms with Crippen LogP contribution >= 0.6 is 23.4 Å². The predicted molar refractivity (Wildman–Crippen MR) is 75.2 cm³/mol. The Morgan fingerprint density at radius 2 is 2.33 bits per heavy atom. The summed E-state index contributed by atoms with van der Waals surface area (Å²) in [4.78, 5) is 1.24.